The molecule has 0 saturated carbocycles. The maximum atomic E-state index is 15.2. The van der Waals surface area contributed by atoms with Gasteiger partial charge in [-0.3, -0.25) is 4.79 Å². The van der Waals surface area contributed by atoms with Gasteiger partial charge in [0.2, 0.25) is 5.95 Å². The van der Waals surface area contributed by atoms with Crippen molar-refractivity contribution < 1.29 is 18.7 Å². The molecule has 1 aliphatic rings. The van der Waals surface area contributed by atoms with Crippen LogP contribution in [0.1, 0.15) is 48.7 Å². The molecule has 1 amide bonds. The first-order chi connectivity index (χ1) is 18.9. The van der Waals surface area contributed by atoms with Gasteiger partial charge in [-0.1, -0.05) is 6.92 Å². The molecule has 0 bridgehead atoms. The van der Waals surface area contributed by atoms with Gasteiger partial charge in [-0.15, -0.1) is 0 Å². The molecule has 1 atom stereocenters. The number of aliphatic hydroxyl groups is 1. The Morgan fingerprint density at radius 3 is 2.54 bits per heavy atom. The lowest BCUT2D eigenvalue weighted by atomic mass is 10.1. The summed E-state index contributed by atoms with van der Waals surface area (Å²) in [7, 11) is 0. The molecule has 1 saturated heterocycles. The zero-order valence-corrected chi connectivity index (χ0v) is 21.7. The fraction of sp³-hybridized carbons (Fsp3) is 0.370. The average Bonchev–Trinajstić information content (AvgIpc) is 3.31. The van der Waals surface area contributed by atoms with Gasteiger partial charge < -0.3 is 25.2 Å². The van der Waals surface area contributed by atoms with Crippen molar-refractivity contribution in [1.29, 1.82) is 0 Å². The number of rotatable bonds is 8. The number of anilines is 3. The lowest BCUT2D eigenvalue weighted by molar-refractivity contribution is 0.0922. The van der Waals surface area contributed by atoms with Crippen LogP contribution in [0.2, 0.25) is 0 Å². The SMILES string of the molecule is CCc1cnc(N2CCC(n3cc(F)c4c(Nc5ccc(C(=O)N[C@@H](C)CO)cc5F)ncnc43)CC2)nc1. The van der Waals surface area contributed by atoms with Crippen LogP contribution < -0.4 is 15.5 Å². The lowest BCUT2D eigenvalue weighted by Crippen LogP contribution is -2.35. The number of hydrogen-bond donors (Lipinski definition) is 3. The minimum Gasteiger partial charge on any atom is -0.394 e. The van der Waals surface area contributed by atoms with Gasteiger partial charge in [0.1, 0.15) is 23.6 Å². The second kappa shape index (κ2) is 11.3. The molecule has 0 radical (unpaired) electrons. The predicted molar refractivity (Wildman–Crippen MR) is 143 cm³/mol. The molecular weight excluding hydrogens is 506 g/mol. The van der Waals surface area contributed by atoms with Crippen molar-refractivity contribution in [2.45, 2.75) is 45.2 Å². The molecule has 204 valence electrons. The monoisotopic (exact) mass is 536 g/mol. The molecule has 39 heavy (non-hydrogen) atoms. The fourth-order valence-electron chi connectivity index (χ4n) is 4.69. The molecule has 0 unspecified atom stereocenters. The number of aliphatic hydroxyl groups excluding tert-OH is 1. The van der Waals surface area contributed by atoms with Crippen molar-refractivity contribution in [2.24, 2.45) is 0 Å². The number of nitrogens with one attached hydrogen (secondary N) is 2. The van der Waals surface area contributed by atoms with E-state index >= 15 is 4.39 Å². The van der Waals surface area contributed by atoms with Crippen molar-refractivity contribution in [3.8, 4) is 0 Å². The summed E-state index contributed by atoms with van der Waals surface area (Å²) in [5.74, 6) is -0.902. The zero-order valence-electron chi connectivity index (χ0n) is 21.7. The van der Waals surface area contributed by atoms with E-state index in [4.69, 9.17) is 5.11 Å². The second-order valence-corrected chi connectivity index (χ2v) is 9.64. The summed E-state index contributed by atoms with van der Waals surface area (Å²) in [5.41, 5.74) is 1.64. The summed E-state index contributed by atoms with van der Waals surface area (Å²) in [4.78, 5) is 31.8. The van der Waals surface area contributed by atoms with Crippen LogP contribution in [-0.4, -0.2) is 61.3 Å². The molecule has 0 spiro atoms. The largest absolute Gasteiger partial charge is 0.394 e. The summed E-state index contributed by atoms with van der Waals surface area (Å²) in [6.07, 6.45) is 8.81. The van der Waals surface area contributed by atoms with Crippen LogP contribution in [-0.2, 0) is 6.42 Å². The van der Waals surface area contributed by atoms with Crippen molar-refractivity contribution >= 4 is 34.4 Å². The third kappa shape index (κ3) is 5.51. The predicted octanol–water partition coefficient (Wildman–Crippen LogP) is 3.76. The number of hydrogen-bond acceptors (Lipinski definition) is 8. The molecule has 10 nitrogen and oxygen atoms in total. The number of aryl methyl sites for hydroxylation is 1. The molecular formula is C27H30F2N8O2. The third-order valence-corrected chi connectivity index (χ3v) is 6.94. The number of fused-ring (bicyclic) bond motifs is 1. The van der Waals surface area contributed by atoms with E-state index < -0.39 is 23.6 Å². The lowest BCUT2D eigenvalue weighted by Gasteiger charge is -2.32. The first-order valence-corrected chi connectivity index (χ1v) is 12.9. The van der Waals surface area contributed by atoms with Crippen LogP contribution in [0.5, 0.6) is 0 Å². The van der Waals surface area contributed by atoms with Crippen molar-refractivity contribution in [3.05, 3.63) is 65.9 Å². The quantitative estimate of drug-likeness (QED) is 0.311. The Kier molecular flexibility index (Phi) is 7.64. The summed E-state index contributed by atoms with van der Waals surface area (Å²) in [6.45, 7) is 4.90. The number of nitrogens with zero attached hydrogens (tertiary/aromatic N) is 6. The van der Waals surface area contributed by atoms with Crippen LogP contribution in [0.4, 0.5) is 26.2 Å². The van der Waals surface area contributed by atoms with E-state index in [1.807, 2.05) is 17.0 Å². The molecule has 4 aromatic rings. The average molecular weight is 537 g/mol. The van der Waals surface area contributed by atoms with E-state index in [0.29, 0.717) is 11.6 Å². The van der Waals surface area contributed by atoms with E-state index in [2.05, 4.69) is 42.4 Å². The Morgan fingerprint density at radius 1 is 1.13 bits per heavy atom. The highest BCUT2D eigenvalue weighted by Gasteiger charge is 2.26. The van der Waals surface area contributed by atoms with Gasteiger partial charge in [0.05, 0.1) is 17.7 Å². The van der Waals surface area contributed by atoms with E-state index in [1.165, 1.54) is 24.7 Å². The Balaban J connectivity index is 1.33. The normalized spacial score (nSPS) is 14.9. The van der Waals surface area contributed by atoms with Crippen molar-refractivity contribution in [1.82, 2.24) is 29.8 Å². The standard InChI is InChI=1S/C27H30F2N8O2/c1-3-17-11-30-27(31-12-17)36-8-6-19(7-9-36)37-13-21(29)23-24(32-15-33-25(23)37)35-22-5-4-18(10-20(22)28)26(39)34-16(2)14-38/h4-5,10-13,15-16,19,38H,3,6-9,14H2,1-2H3,(H,34,39)(H,32,33,35)/t16-/m0/s1. The third-order valence-electron chi connectivity index (χ3n) is 6.94. The van der Waals surface area contributed by atoms with Gasteiger partial charge >= 0.3 is 0 Å². The summed E-state index contributed by atoms with van der Waals surface area (Å²) < 4.78 is 31.9. The molecule has 3 N–H and O–H groups in total. The Labute approximate surface area is 224 Å². The van der Waals surface area contributed by atoms with Gasteiger partial charge in [-0.2, -0.15) is 0 Å². The molecule has 5 rings (SSSR count). The van der Waals surface area contributed by atoms with Gasteiger partial charge in [0, 0.05) is 49.3 Å². The van der Waals surface area contributed by atoms with E-state index in [-0.39, 0.29) is 35.1 Å². The summed E-state index contributed by atoms with van der Waals surface area (Å²) in [6, 6.07) is 3.46. The number of carbonyl (C=O) groups is 1. The Morgan fingerprint density at radius 2 is 1.87 bits per heavy atom. The molecule has 3 aromatic heterocycles. The van der Waals surface area contributed by atoms with Crippen LogP contribution in [0, 0.1) is 11.6 Å². The van der Waals surface area contributed by atoms with E-state index in [1.54, 1.807) is 6.92 Å². The molecule has 4 heterocycles. The van der Waals surface area contributed by atoms with E-state index in [9.17, 15) is 9.18 Å². The number of amides is 1. The highest BCUT2D eigenvalue weighted by molar-refractivity contribution is 5.95. The molecule has 0 aliphatic carbocycles. The fourth-order valence-corrected chi connectivity index (χ4v) is 4.69. The maximum Gasteiger partial charge on any atom is 0.251 e. The minimum absolute atomic E-state index is 0.0155. The van der Waals surface area contributed by atoms with E-state index in [0.717, 1.165) is 44.0 Å². The molecule has 12 heteroatoms. The van der Waals surface area contributed by atoms with Crippen molar-refractivity contribution in [2.75, 3.05) is 29.9 Å². The minimum atomic E-state index is -0.701. The summed E-state index contributed by atoms with van der Waals surface area (Å²) in [5, 5.41) is 14.7. The first kappa shape index (κ1) is 26.4. The van der Waals surface area contributed by atoms with Gasteiger partial charge in [-0.25, -0.2) is 28.7 Å². The second-order valence-electron chi connectivity index (χ2n) is 9.64. The Hall–Kier alpha value is -4.19. The number of carbonyl (C=O) groups excluding carboxylic acids is 1. The van der Waals surface area contributed by atoms with Crippen LogP contribution in [0.15, 0.2) is 43.1 Å². The molecule has 1 aromatic carbocycles. The number of benzene rings is 1. The molecule has 1 fully saturated rings. The van der Waals surface area contributed by atoms with Gasteiger partial charge in [-0.05, 0) is 49.9 Å². The topological polar surface area (TPSA) is 121 Å². The summed E-state index contributed by atoms with van der Waals surface area (Å²) >= 11 is 0. The highest BCUT2D eigenvalue weighted by Crippen LogP contribution is 2.33. The highest BCUT2D eigenvalue weighted by atomic mass is 19.1. The smallest absolute Gasteiger partial charge is 0.251 e. The maximum absolute atomic E-state index is 15.2. The van der Waals surface area contributed by atoms with Gasteiger partial charge in [0.25, 0.3) is 5.91 Å². The molecule has 1 aliphatic heterocycles. The van der Waals surface area contributed by atoms with Crippen LogP contribution in [0.25, 0.3) is 11.0 Å². The number of halogens is 2. The van der Waals surface area contributed by atoms with Crippen LogP contribution in [0.3, 0.4) is 0 Å². The van der Waals surface area contributed by atoms with Crippen LogP contribution >= 0.6 is 0 Å². The van der Waals surface area contributed by atoms with Gasteiger partial charge in [0.15, 0.2) is 5.82 Å². The first-order valence-electron chi connectivity index (χ1n) is 12.9. The number of piperidine rings is 1. The Bertz CT molecular complexity index is 1470. The number of aromatic nitrogens is 5. The zero-order chi connectivity index (χ0) is 27.5. The van der Waals surface area contributed by atoms with Crippen molar-refractivity contribution in [3.63, 3.8) is 0 Å².